The van der Waals surface area contributed by atoms with E-state index in [1.165, 1.54) is 12.5 Å². The SMILES string of the molecule is CC.[2H]C([2H])([2H])OC1(c2cccc(O)c2)OOC12C1CC3CC(C1)CC2C3. The van der Waals surface area contributed by atoms with E-state index in [0.29, 0.717) is 17.4 Å². The molecule has 24 heavy (non-hydrogen) atoms. The number of ether oxygens (including phenoxy) is 1. The van der Waals surface area contributed by atoms with Crippen LogP contribution in [0.25, 0.3) is 0 Å². The third-order valence-corrected chi connectivity index (χ3v) is 6.53. The van der Waals surface area contributed by atoms with E-state index in [4.69, 9.17) is 18.6 Å². The van der Waals surface area contributed by atoms with Crippen molar-refractivity contribution in [3.8, 4) is 5.75 Å². The molecule has 0 radical (unpaired) electrons. The summed E-state index contributed by atoms with van der Waals surface area (Å²) >= 11 is 0. The molecule has 132 valence electrons. The maximum Gasteiger partial charge on any atom is 0.260 e. The maximum atomic E-state index is 9.94. The van der Waals surface area contributed by atoms with Crippen molar-refractivity contribution in [3.05, 3.63) is 29.8 Å². The van der Waals surface area contributed by atoms with Crippen LogP contribution in [0, 0.1) is 23.7 Å². The zero-order valence-corrected chi connectivity index (χ0v) is 14.3. The van der Waals surface area contributed by atoms with Gasteiger partial charge in [0.2, 0.25) is 0 Å². The van der Waals surface area contributed by atoms with Gasteiger partial charge >= 0.3 is 0 Å². The van der Waals surface area contributed by atoms with Crippen molar-refractivity contribution in [1.29, 1.82) is 0 Å². The number of hydrogen-bond acceptors (Lipinski definition) is 4. The summed E-state index contributed by atoms with van der Waals surface area (Å²) in [7, 11) is -2.63. The van der Waals surface area contributed by atoms with E-state index in [0.717, 1.165) is 25.7 Å². The number of phenols is 1. The molecule has 0 aromatic heterocycles. The predicted molar refractivity (Wildman–Crippen MR) is 90.1 cm³/mol. The molecule has 5 fully saturated rings. The lowest BCUT2D eigenvalue weighted by molar-refractivity contribution is -0.645. The largest absolute Gasteiger partial charge is 0.508 e. The molecule has 6 rings (SSSR count). The van der Waals surface area contributed by atoms with E-state index in [1.54, 1.807) is 18.2 Å². The van der Waals surface area contributed by atoms with Crippen LogP contribution in [0.15, 0.2) is 24.3 Å². The molecular weight excluding hydrogens is 304 g/mol. The summed E-state index contributed by atoms with van der Waals surface area (Å²) in [5, 5.41) is 9.94. The number of hydrogen-bond donors (Lipinski definition) is 1. The topological polar surface area (TPSA) is 47.9 Å². The van der Waals surface area contributed by atoms with Crippen molar-refractivity contribution in [2.45, 2.75) is 57.3 Å². The first-order chi connectivity index (χ1) is 12.8. The van der Waals surface area contributed by atoms with E-state index in [-0.39, 0.29) is 17.6 Å². The molecule has 1 aromatic rings. The third kappa shape index (κ3) is 1.91. The van der Waals surface area contributed by atoms with Crippen molar-refractivity contribution >= 4 is 0 Å². The fourth-order valence-electron chi connectivity index (χ4n) is 5.91. The minimum atomic E-state index is -2.63. The normalized spacial score (nSPS) is 47.2. The Kier molecular flexibility index (Phi) is 3.13. The van der Waals surface area contributed by atoms with Gasteiger partial charge in [0, 0.05) is 12.6 Å². The lowest BCUT2D eigenvalue weighted by Crippen LogP contribution is -2.76. The molecule has 1 heterocycles. The van der Waals surface area contributed by atoms with Gasteiger partial charge in [-0.25, -0.2) is 4.89 Å². The Labute approximate surface area is 148 Å². The highest BCUT2D eigenvalue weighted by atomic mass is 17.3. The van der Waals surface area contributed by atoms with Gasteiger partial charge in [0.25, 0.3) is 5.79 Å². The van der Waals surface area contributed by atoms with Crippen LogP contribution in [-0.4, -0.2) is 17.7 Å². The molecule has 4 heteroatoms. The zero-order valence-electron chi connectivity index (χ0n) is 17.3. The Morgan fingerprint density at radius 3 is 2.25 bits per heavy atom. The minimum Gasteiger partial charge on any atom is -0.508 e. The Hall–Kier alpha value is -1.10. The molecule has 1 aliphatic heterocycles. The maximum absolute atomic E-state index is 9.94. The Morgan fingerprint density at radius 1 is 1.08 bits per heavy atom. The van der Waals surface area contributed by atoms with Crippen LogP contribution in [0.5, 0.6) is 5.75 Å². The predicted octanol–water partition coefficient (Wildman–Crippen LogP) is 4.37. The highest BCUT2D eigenvalue weighted by Crippen LogP contribution is 2.69. The molecule has 1 saturated heterocycles. The van der Waals surface area contributed by atoms with Crippen molar-refractivity contribution in [2.24, 2.45) is 23.7 Å². The molecule has 1 spiro atoms. The minimum absolute atomic E-state index is 0.0560. The average Bonchev–Trinajstić information content (AvgIpc) is 2.59. The average molecular weight is 335 g/mol. The Balaban J connectivity index is 0.000000872. The summed E-state index contributed by atoms with van der Waals surface area (Å²) in [6.45, 7) is 4.00. The van der Waals surface area contributed by atoms with Gasteiger partial charge in [0.05, 0.1) is 4.11 Å². The second-order valence-electron chi connectivity index (χ2n) is 7.53. The van der Waals surface area contributed by atoms with E-state index in [9.17, 15) is 5.11 Å². The molecule has 1 atom stereocenters. The molecule has 4 saturated carbocycles. The van der Waals surface area contributed by atoms with Gasteiger partial charge in [-0.05, 0) is 67.9 Å². The van der Waals surface area contributed by atoms with Crippen LogP contribution in [0.2, 0.25) is 0 Å². The van der Waals surface area contributed by atoms with Crippen LogP contribution >= 0.6 is 0 Å². The summed E-state index contributed by atoms with van der Waals surface area (Å²) in [5.74, 6) is 0.420. The molecule has 1 aromatic carbocycles. The number of phenolic OH excluding ortho intramolecular Hbond substituents is 1. The molecule has 0 amide bonds. The first-order valence-electron chi connectivity index (χ1n) is 10.7. The van der Waals surface area contributed by atoms with Gasteiger partial charge in [-0.3, -0.25) is 0 Å². The van der Waals surface area contributed by atoms with Crippen molar-refractivity contribution in [1.82, 2.24) is 0 Å². The molecule has 5 aliphatic rings. The van der Waals surface area contributed by atoms with Gasteiger partial charge in [-0.2, -0.15) is 4.89 Å². The summed E-state index contributed by atoms with van der Waals surface area (Å²) < 4.78 is 28.7. The second-order valence-corrected chi connectivity index (χ2v) is 7.53. The number of aromatic hydroxyl groups is 1. The molecule has 4 aliphatic carbocycles. The first-order valence-corrected chi connectivity index (χ1v) is 9.19. The van der Waals surface area contributed by atoms with Crippen LogP contribution < -0.4 is 0 Å². The molecule has 4 bridgehead atoms. The fourth-order valence-corrected chi connectivity index (χ4v) is 5.91. The highest BCUT2D eigenvalue weighted by molar-refractivity contribution is 5.35. The second kappa shape index (κ2) is 5.72. The summed E-state index contributed by atoms with van der Waals surface area (Å²) in [4.78, 5) is 11.3. The van der Waals surface area contributed by atoms with Crippen LogP contribution in [0.1, 0.15) is 55.6 Å². The zero-order chi connectivity index (χ0) is 19.4. The van der Waals surface area contributed by atoms with E-state index < -0.39 is 18.4 Å². The first kappa shape index (κ1) is 13.2. The molecular formula is C20H28O4. The van der Waals surface area contributed by atoms with Crippen LogP contribution in [0.3, 0.4) is 0 Å². The summed E-state index contributed by atoms with van der Waals surface area (Å²) in [5.41, 5.74) is -0.259. The van der Waals surface area contributed by atoms with E-state index in [2.05, 4.69) is 0 Å². The molecule has 4 nitrogen and oxygen atoms in total. The fraction of sp³-hybridized carbons (Fsp3) is 0.700. The van der Waals surface area contributed by atoms with Gasteiger partial charge in [-0.15, -0.1) is 0 Å². The monoisotopic (exact) mass is 335 g/mol. The quantitative estimate of drug-likeness (QED) is 0.815. The summed E-state index contributed by atoms with van der Waals surface area (Å²) in [6, 6.07) is 6.51. The molecule has 1 N–H and O–H groups in total. The van der Waals surface area contributed by atoms with E-state index in [1.807, 2.05) is 13.8 Å². The third-order valence-electron chi connectivity index (χ3n) is 6.53. The number of methoxy groups -OCH3 is 1. The van der Waals surface area contributed by atoms with Crippen LogP contribution in [-0.2, 0) is 20.3 Å². The number of rotatable bonds is 2. The van der Waals surface area contributed by atoms with Gasteiger partial charge in [0.15, 0.2) is 5.60 Å². The van der Waals surface area contributed by atoms with Crippen molar-refractivity contribution in [3.63, 3.8) is 0 Å². The lowest BCUT2D eigenvalue weighted by Gasteiger charge is -2.68. The molecule has 1 unspecified atom stereocenters. The summed E-state index contributed by atoms with van der Waals surface area (Å²) in [6.07, 6.45) is 5.40. The smallest absolute Gasteiger partial charge is 0.260 e. The van der Waals surface area contributed by atoms with Crippen LogP contribution in [0.4, 0.5) is 0 Å². The Bertz CT molecular complexity index is 677. The van der Waals surface area contributed by atoms with E-state index >= 15 is 0 Å². The van der Waals surface area contributed by atoms with Gasteiger partial charge in [0.1, 0.15) is 5.75 Å². The van der Waals surface area contributed by atoms with Gasteiger partial charge in [-0.1, -0.05) is 26.0 Å². The highest BCUT2D eigenvalue weighted by Gasteiger charge is 2.76. The Morgan fingerprint density at radius 2 is 1.75 bits per heavy atom. The standard InChI is InChI=1S/C18H22O4.C2H6/c1-20-18(13-3-2-4-16(19)10-13)17(21-22-18)14-6-11-5-12(8-14)9-15(17)7-11;1-2/h2-4,10-12,14-15,19H,5-9H2,1H3;1-2H3/i1D3;. The van der Waals surface area contributed by atoms with Crippen molar-refractivity contribution < 1.29 is 23.7 Å². The lowest BCUT2D eigenvalue weighted by atomic mass is 9.47. The van der Waals surface area contributed by atoms with Crippen molar-refractivity contribution in [2.75, 3.05) is 7.04 Å². The van der Waals surface area contributed by atoms with Gasteiger partial charge < -0.3 is 9.84 Å². The number of benzene rings is 1.